The van der Waals surface area contributed by atoms with Gasteiger partial charge in [0.05, 0.1) is 15.9 Å². The first-order valence-corrected chi connectivity index (χ1v) is 14.7. The number of anilines is 1. The topological polar surface area (TPSA) is 151 Å². The van der Waals surface area contributed by atoms with E-state index in [1.165, 1.54) is 50.7 Å². The molecule has 39 heavy (non-hydrogen) atoms. The maximum absolute atomic E-state index is 12.6. The highest BCUT2D eigenvalue weighted by Gasteiger charge is 2.51. The van der Waals surface area contributed by atoms with Gasteiger partial charge in [0.2, 0.25) is 5.91 Å². The fourth-order valence-corrected chi connectivity index (χ4v) is 7.47. The first-order valence-electron chi connectivity index (χ1n) is 14.7. The predicted molar refractivity (Wildman–Crippen MR) is 151 cm³/mol. The summed E-state index contributed by atoms with van der Waals surface area (Å²) < 4.78 is 0. The number of benzene rings is 1. The van der Waals surface area contributed by atoms with Crippen LogP contribution in [0.1, 0.15) is 70.6 Å². The number of nitrogens with one attached hydrogen (secondary N) is 4. The van der Waals surface area contributed by atoms with Crippen LogP contribution in [-0.4, -0.2) is 55.0 Å². The largest absolute Gasteiger partial charge is 0.379 e. The van der Waals surface area contributed by atoms with Gasteiger partial charge < -0.3 is 21.3 Å². The molecular formula is C28H44N6O5. The highest BCUT2D eigenvalue weighted by Crippen LogP contribution is 2.61. The van der Waals surface area contributed by atoms with Gasteiger partial charge in [-0.2, -0.15) is 0 Å². The third-order valence-electron chi connectivity index (χ3n) is 8.74. The molecule has 4 N–H and O–H groups in total. The SMILES string of the molecule is O=C(CC12CC3CC(CC(C3)C1)C2)NCCCNCCCCNCCCNc1ccc([N+](=O)[O-])cc1[N+](=O)[O-]. The van der Waals surface area contributed by atoms with Crippen LogP contribution in [0.3, 0.4) is 0 Å². The number of nitro groups is 2. The molecule has 216 valence electrons. The van der Waals surface area contributed by atoms with E-state index < -0.39 is 9.85 Å². The minimum Gasteiger partial charge on any atom is -0.379 e. The Morgan fingerprint density at radius 3 is 1.92 bits per heavy atom. The van der Waals surface area contributed by atoms with Crippen molar-refractivity contribution in [2.45, 2.75) is 70.6 Å². The van der Waals surface area contributed by atoms with Crippen LogP contribution in [0.2, 0.25) is 0 Å². The average Bonchev–Trinajstić information content (AvgIpc) is 2.87. The molecule has 1 amide bonds. The van der Waals surface area contributed by atoms with E-state index >= 15 is 0 Å². The van der Waals surface area contributed by atoms with Crippen molar-refractivity contribution in [2.75, 3.05) is 44.6 Å². The molecule has 0 unspecified atom stereocenters. The molecule has 4 aliphatic rings. The van der Waals surface area contributed by atoms with E-state index in [4.69, 9.17) is 0 Å². The lowest BCUT2D eigenvalue weighted by molar-refractivity contribution is -0.393. The lowest BCUT2D eigenvalue weighted by atomic mass is 9.49. The average molecular weight is 545 g/mol. The summed E-state index contributed by atoms with van der Waals surface area (Å²) in [6.07, 6.45) is 12.7. The zero-order valence-electron chi connectivity index (χ0n) is 22.9. The molecule has 11 nitrogen and oxygen atoms in total. The Balaban J connectivity index is 0.947. The number of amides is 1. The molecule has 4 bridgehead atoms. The van der Waals surface area contributed by atoms with Crippen LogP contribution in [0, 0.1) is 43.4 Å². The molecule has 4 fully saturated rings. The Morgan fingerprint density at radius 1 is 0.795 bits per heavy atom. The molecular weight excluding hydrogens is 500 g/mol. The summed E-state index contributed by atoms with van der Waals surface area (Å²) in [5.41, 5.74) is 0.0243. The third kappa shape index (κ3) is 8.60. The zero-order valence-corrected chi connectivity index (χ0v) is 22.9. The standard InChI is InChI=1S/C28H44N6O5/c35-27(20-28-17-21-13-22(18-28)15-23(14-21)19-28)32-12-4-10-30-8-2-1-7-29-9-3-11-31-25-6-5-24(33(36)37)16-26(25)34(38)39/h5-6,16,21-23,29-31H,1-4,7-15,17-20H2,(H,32,35). The van der Waals surface area contributed by atoms with Crippen molar-refractivity contribution >= 4 is 23.0 Å². The van der Waals surface area contributed by atoms with Crippen LogP contribution >= 0.6 is 0 Å². The quantitative estimate of drug-likeness (QED) is 0.121. The summed E-state index contributed by atoms with van der Waals surface area (Å²) in [6, 6.07) is 3.63. The molecule has 0 heterocycles. The van der Waals surface area contributed by atoms with Crippen LogP contribution in [0.25, 0.3) is 0 Å². The van der Waals surface area contributed by atoms with Gasteiger partial charge in [0, 0.05) is 25.6 Å². The Labute approximate surface area is 230 Å². The molecule has 0 aliphatic heterocycles. The molecule has 11 heteroatoms. The van der Waals surface area contributed by atoms with E-state index in [-0.39, 0.29) is 17.3 Å². The highest BCUT2D eigenvalue weighted by atomic mass is 16.6. The first-order chi connectivity index (χ1) is 18.8. The molecule has 0 aromatic heterocycles. The van der Waals surface area contributed by atoms with Gasteiger partial charge in [0.1, 0.15) is 5.69 Å². The summed E-state index contributed by atoms with van der Waals surface area (Å²) in [6.45, 7) is 4.83. The number of nitrogens with zero attached hydrogens (tertiary/aromatic N) is 2. The van der Waals surface area contributed by atoms with Gasteiger partial charge in [-0.05, 0) is 120 Å². The maximum Gasteiger partial charge on any atom is 0.299 e. The van der Waals surface area contributed by atoms with Gasteiger partial charge in [0.15, 0.2) is 0 Å². The van der Waals surface area contributed by atoms with Crippen LogP contribution in [0.15, 0.2) is 18.2 Å². The number of carbonyl (C=O) groups is 1. The number of unbranched alkanes of at least 4 members (excludes halogenated alkanes) is 1. The number of nitro benzene ring substituents is 2. The molecule has 0 atom stereocenters. The van der Waals surface area contributed by atoms with E-state index in [0.717, 1.165) is 88.6 Å². The number of carbonyl (C=O) groups excluding carboxylic acids is 1. The van der Waals surface area contributed by atoms with E-state index in [2.05, 4.69) is 21.3 Å². The van der Waals surface area contributed by atoms with E-state index in [1.54, 1.807) is 0 Å². The minimum absolute atomic E-state index is 0.254. The Hall–Kier alpha value is -2.79. The van der Waals surface area contributed by atoms with Crippen molar-refractivity contribution < 1.29 is 14.6 Å². The Kier molecular flexibility index (Phi) is 10.5. The van der Waals surface area contributed by atoms with Crippen LogP contribution in [0.4, 0.5) is 17.1 Å². The van der Waals surface area contributed by atoms with Gasteiger partial charge >= 0.3 is 0 Å². The molecule has 5 rings (SSSR count). The van der Waals surface area contributed by atoms with Gasteiger partial charge in [-0.1, -0.05) is 0 Å². The fraction of sp³-hybridized carbons (Fsp3) is 0.750. The van der Waals surface area contributed by atoms with E-state index in [9.17, 15) is 25.0 Å². The summed E-state index contributed by atoms with van der Waals surface area (Å²) in [5.74, 6) is 2.92. The Morgan fingerprint density at radius 2 is 1.36 bits per heavy atom. The second-order valence-electron chi connectivity index (χ2n) is 12.0. The monoisotopic (exact) mass is 544 g/mol. The summed E-state index contributed by atoms with van der Waals surface area (Å²) in [7, 11) is 0. The summed E-state index contributed by atoms with van der Waals surface area (Å²) in [4.78, 5) is 33.3. The molecule has 0 saturated heterocycles. The summed E-state index contributed by atoms with van der Waals surface area (Å²) >= 11 is 0. The molecule has 0 spiro atoms. The number of hydrogen-bond acceptors (Lipinski definition) is 8. The van der Waals surface area contributed by atoms with Crippen molar-refractivity contribution in [3.8, 4) is 0 Å². The molecule has 0 radical (unpaired) electrons. The highest BCUT2D eigenvalue weighted by molar-refractivity contribution is 5.76. The molecule has 1 aromatic rings. The Bertz CT molecular complexity index is 967. The zero-order chi connectivity index (χ0) is 27.7. The van der Waals surface area contributed by atoms with Crippen molar-refractivity contribution in [3.63, 3.8) is 0 Å². The van der Waals surface area contributed by atoms with E-state index in [1.807, 2.05) is 0 Å². The van der Waals surface area contributed by atoms with E-state index in [0.29, 0.717) is 17.6 Å². The fourth-order valence-electron chi connectivity index (χ4n) is 7.47. The van der Waals surface area contributed by atoms with Gasteiger partial charge in [0.25, 0.3) is 11.4 Å². The van der Waals surface area contributed by atoms with Gasteiger partial charge in [-0.25, -0.2) is 0 Å². The molecule has 4 aliphatic carbocycles. The predicted octanol–water partition coefficient (Wildman–Crippen LogP) is 4.38. The maximum atomic E-state index is 12.6. The number of non-ortho nitro benzene ring substituents is 1. The van der Waals surface area contributed by atoms with Crippen molar-refractivity contribution in [3.05, 3.63) is 38.4 Å². The van der Waals surface area contributed by atoms with Crippen molar-refractivity contribution in [1.29, 1.82) is 0 Å². The van der Waals surface area contributed by atoms with Crippen molar-refractivity contribution in [1.82, 2.24) is 16.0 Å². The second kappa shape index (κ2) is 14.0. The lowest BCUT2D eigenvalue weighted by Crippen LogP contribution is -2.48. The minimum atomic E-state index is -0.639. The van der Waals surface area contributed by atoms with Gasteiger partial charge in [-0.15, -0.1) is 0 Å². The van der Waals surface area contributed by atoms with Crippen LogP contribution in [-0.2, 0) is 4.79 Å². The van der Waals surface area contributed by atoms with Crippen LogP contribution < -0.4 is 21.3 Å². The molecule has 1 aromatic carbocycles. The third-order valence-corrected chi connectivity index (χ3v) is 8.74. The number of hydrogen-bond donors (Lipinski definition) is 4. The summed E-state index contributed by atoms with van der Waals surface area (Å²) in [5, 5.41) is 35.0. The van der Waals surface area contributed by atoms with Gasteiger partial charge in [-0.3, -0.25) is 25.0 Å². The number of rotatable bonds is 18. The smallest absolute Gasteiger partial charge is 0.299 e. The molecule has 4 saturated carbocycles. The van der Waals surface area contributed by atoms with Crippen LogP contribution in [0.5, 0.6) is 0 Å². The normalized spacial score (nSPS) is 25.0. The lowest BCUT2D eigenvalue weighted by Gasteiger charge is -2.56. The first kappa shape index (κ1) is 29.2. The van der Waals surface area contributed by atoms with Crippen molar-refractivity contribution in [2.24, 2.45) is 23.2 Å². The second-order valence-corrected chi connectivity index (χ2v) is 12.0.